The van der Waals surface area contributed by atoms with Crippen molar-refractivity contribution in [3.05, 3.63) is 131 Å². The van der Waals surface area contributed by atoms with Crippen LogP contribution in [0.1, 0.15) is 63.1 Å². The summed E-state index contributed by atoms with van der Waals surface area (Å²) in [6.45, 7) is 8.26. The van der Waals surface area contributed by atoms with Crippen LogP contribution >= 0.6 is 11.6 Å². The van der Waals surface area contributed by atoms with Crippen LogP contribution in [-0.2, 0) is 6.54 Å². The maximum absolute atomic E-state index is 13.3. The lowest BCUT2D eigenvalue weighted by Gasteiger charge is -2.34. The van der Waals surface area contributed by atoms with Gasteiger partial charge in [-0.05, 0) is 98.2 Å². The first kappa shape index (κ1) is 35.3. The number of anilines is 1. The molecule has 9 nitrogen and oxygen atoms in total. The van der Waals surface area contributed by atoms with Gasteiger partial charge in [0.15, 0.2) is 0 Å². The molecule has 0 bridgehead atoms. The Hall–Kier alpha value is -5.12. The van der Waals surface area contributed by atoms with E-state index in [1.54, 1.807) is 24.7 Å². The smallest absolute Gasteiger partial charge is 0.251 e. The summed E-state index contributed by atoms with van der Waals surface area (Å²) >= 11 is 6.54. The standard InChI is InChI=1S/C42H44ClN7O2/c1-28-35(31-6-4-18-44-25-31)8-3-9-36(28)41(51)48-34-16-22-50(23-17-34)39-13-10-30(24-46-39)27-49-20-14-33(15-21-49)47-42(52)37-11-12-38(43)40(29(37)2)32-7-5-19-45-26-32/h3-13,18-19,24-26,33-34H,14-17,20-23,27H2,1-2H3,(H,47,52)(H,48,51). The SMILES string of the molecule is Cc1c(C(=O)NC2CCN(c3ccc(CN4CCC(NC(=O)c5ccc(Cl)c(-c6cccnc6)c5C)CC4)cn3)CC2)cccc1-c1cccnc1. The van der Waals surface area contributed by atoms with Crippen LogP contribution in [0.5, 0.6) is 0 Å². The number of carbonyl (C=O) groups is 2. The summed E-state index contributed by atoms with van der Waals surface area (Å²) in [5.41, 5.74) is 8.13. The number of amides is 2. The molecule has 2 amide bonds. The highest BCUT2D eigenvalue weighted by Gasteiger charge is 2.25. The van der Waals surface area contributed by atoms with Crippen molar-refractivity contribution in [2.24, 2.45) is 0 Å². The largest absolute Gasteiger partial charge is 0.356 e. The zero-order valence-corrected chi connectivity index (χ0v) is 30.4. The number of nitrogens with zero attached hydrogens (tertiary/aromatic N) is 5. The van der Waals surface area contributed by atoms with Crippen LogP contribution in [-0.4, -0.2) is 69.9 Å². The number of rotatable bonds is 9. The maximum atomic E-state index is 13.3. The molecule has 0 atom stereocenters. The van der Waals surface area contributed by atoms with Crippen molar-refractivity contribution in [1.82, 2.24) is 30.5 Å². The number of carbonyl (C=O) groups excluding carboxylic acids is 2. The Kier molecular flexibility index (Phi) is 10.9. The van der Waals surface area contributed by atoms with Gasteiger partial charge in [0, 0.05) is 109 Å². The quantitative estimate of drug-likeness (QED) is 0.166. The van der Waals surface area contributed by atoms with Gasteiger partial charge in [-0.2, -0.15) is 0 Å². The minimum absolute atomic E-state index is 0.0254. The molecule has 5 aromatic rings. The second-order valence-electron chi connectivity index (χ2n) is 13.8. The number of hydrogen-bond acceptors (Lipinski definition) is 7. The van der Waals surface area contributed by atoms with Gasteiger partial charge >= 0.3 is 0 Å². The van der Waals surface area contributed by atoms with Gasteiger partial charge in [0.1, 0.15) is 5.82 Å². The van der Waals surface area contributed by atoms with Crippen molar-refractivity contribution >= 4 is 29.2 Å². The highest BCUT2D eigenvalue weighted by Crippen LogP contribution is 2.33. The maximum Gasteiger partial charge on any atom is 0.251 e. The molecule has 2 aliphatic rings. The molecular weight excluding hydrogens is 670 g/mol. The van der Waals surface area contributed by atoms with Crippen molar-refractivity contribution in [2.75, 3.05) is 31.1 Å². The molecule has 0 radical (unpaired) electrons. The molecule has 5 heterocycles. The number of halogens is 1. The molecular formula is C42H44ClN7O2. The Morgan fingerprint density at radius 2 is 1.35 bits per heavy atom. The molecule has 2 saturated heterocycles. The van der Waals surface area contributed by atoms with Crippen molar-refractivity contribution in [3.8, 4) is 22.3 Å². The third-order valence-electron chi connectivity index (χ3n) is 10.5. The summed E-state index contributed by atoms with van der Waals surface area (Å²) in [5, 5.41) is 7.16. The van der Waals surface area contributed by atoms with Crippen LogP contribution in [0.4, 0.5) is 5.82 Å². The van der Waals surface area contributed by atoms with E-state index in [4.69, 9.17) is 16.6 Å². The fourth-order valence-corrected chi connectivity index (χ4v) is 7.79. The van der Waals surface area contributed by atoms with E-state index in [-0.39, 0.29) is 23.9 Å². The van der Waals surface area contributed by atoms with Gasteiger partial charge < -0.3 is 15.5 Å². The number of likely N-dealkylation sites (tertiary alicyclic amines) is 1. The third-order valence-corrected chi connectivity index (χ3v) is 10.8. The van der Waals surface area contributed by atoms with Gasteiger partial charge in [0.05, 0.1) is 0 Å². The minimum atomic E-state index is -0.0642. The average molecular weight is 714 g/mol. The van der Waals surface area contributed by atoms with Gasteiger partial charge in [-0.3, -0.25) is 24.5 Å². The second-order valence-corrected chi connectivity index (χ2v) is 14.2. The molecule has 0 aliphatic carbocycles. The molecule has 7 rings (SSSR count). The summed E-state index contributed by atoms with van der Waals surface area (Å²) in [7, 11) is 0. The predicted molar refractivity (Wildman–Crippen MR) is 207 cm³/mol. The monoisotopic (exact) mass is 713 g/mol. The molecule has 10 heteroatoms. The average Bonchev–Trinajstić information content (AvgIpc) is 3.17. The van der Waals surface area contributed by atoms with Crippen molar-refractivity contribution in [3.63, 3.8) is 0 Å². The molecule has 0 unspecified atom stereocenters. The zero-order chi connectivity index (χ0) is 36.0. The third kappa shape index (κ3) is 8.01. The number of hydrogen-bond donors (Lipinski definition) is 2. The van der Waals surface area contributed by atoms with E-state index in [2.05, 4.69) is 42.5 Å². The lowest BCUT2D eigenvalue weighted by atomic mass is 9.96. The molecule has 2 fully saturated rings. The Morgan fingerprint density at radius 3 is 1.96 bits per heavy atom. The summed E-state index contributed by atoms with van der Waals surface area (Å²) in [5.74, 6) is 0.882. The van der Waals surface area contributed by atoms with Gasteiger partial charge in [-0.15, -0.1) is 0 Å². The summed E-state index contributed by atoms with van der Waals surface area (Å²) < 4.78 is 0. The van der Waals surface area contributed by atoms with Crippen molar-refractivity contribution in [1.29, 1.82) is 0 Å². The minimum Gasteiger partial charge on any atom is -0.356 e. The molecule has 2 aliphatic heterocycles. The van der Waals surface area contributed by atoms with Crippen LogP contribution in [0.15, 0.2) is 97.7 Å². The first-order chi connectivity index (χ1) is 25.3. The van der Waals surface area contributed by atoms with Crippen LogP contribution in [0, 0.1) is 13.8 Å². The predicted octanol–water partition coefficient (Wildman–Crippen LogP) is 7.27. The molecule has 266 valence electrons. The second kappa shape index (κ2) is 16.0. The van der Waals surface area contributed by atoms with E-state index in [0.717, 1.165) is 97.6 Å². The van der Waals surface area contributed by atoms with Crippen LogP contribution in [0.3, 0.4) is 0 Å². The Morgan fingerprint density at radius 1 is 0.712 bits per heavy atom. The summed E-state index contributed by atoms with van der Waals surface area (Å²) in [4.78, 5) is 44.6. The van der Waals surface area contributed by atoms with E-state index in [1.165, 1.54) is 5.56 Å². The topological polar surface area (TPSA) is 103 Å². The molecule has 52 heavy (non-hydrogen) atoms. The fraction of sp³-hybridized carbons (Fsp3) is 0.310. The van der Waals surface area contributed by atoms with E-state index in [9.17, 15) is 9.59 Å². The number of pyridine rings is 3. The number of nitrogens with one attached hydrogen (secondary N) is 2. The van der Waals surface area contributed by atoms with Gasteiger partial charge in [0.2, 0.25) is 0 Å². The fourth-order valence-electron chi connectivity index (χ4n) is 7.48. The zero-order valence-electron chi connectivity index (χ0n) is 29.7. The Labute approximate surface area is 310 Å². The Bertz CT molecular complexity index is 2010. The first-order valence-electron chi connectivity index (χ1n) is 18.1. The van der Waals surface area contributed by atoms with E-state index >= 15 is 0 Å². The van der Waals surface area contributed by atoms with Gasteiger partial charge in [-0.1, -0.05) is 41.9 Å². The Balaban J connectivity index is 0.864. The van der Waals surface area contributed by atoms with Crippen LogP contribution in [0.25, 0.3) is 22.3 Å². The van der Waals surface area contributed by atoms with Crippen molar-refractivity contribution in [2.45, 2.75) is 58.2 Å². The normalized spacial score (nSPS) is 15.7. The van der Waals surface area contributed by atoms with Gasteiger partial charge in [0.25, 0.3) is 11.8 Å². The van der Waals surface area contributed by atoms with E-state index in [0.29, 0.717) is 16.1 Å². The van der Waals surface area contributed by atoms with E-state index < -0.39 is 0 Å². The molecule has 0 spiro atoms. The highest BCUT2D eigenvalue weighted by atomic mass is 35.5. The highest BCUT2D eigenvalue weighted by molar-refractivity contribution is 6.33. The summed E-state index contributed by atoms with van der Waals surface area (Å²) in [6.07, 6.45) is 12.6. The number of piperidine rings is 2. The number of aromatic nitrogens is 3. The molecule has 2 aromatic carbocycles. The lowest BCUT2D eigenvalue weighted by Crippen LogP contribution is -2.45. The molecule has 0 saturated carbocycles. The first-order valence-corrected chi connectivity index (χ1v) is 18.5. The van der Waals surface area contributed by atoms with Gasteiger partial charge in [-0.25, -0.2) is 4.98 Å². The lowest BCUT2D eigenvalue weighted by molar-refractivity contribution is 0.0905. The van der Waals surface area contributed by atoms with E-state index in [1.807, 2.05) is 74.8 Å². The van der Waals surface area contributed by atoms with Crippen LogP contribution in [0.2, 0.25) is 5.02 Å². The van der Waals surface area contributed by atoms with Crippen molar-refractivity contribution < 1.29 is 9.59 Å². The van der Waals surface area contributed by atoms with Crippen LogP contribution < -0.4 is 15.5 Å². The number of benzene rings is 2. The molecule has 2 N–H and O–H groups in total. The summed E-state index contributed by atoms with van der Waals surface area (Å²) in [6, 6.07) is 21.8. The molecule has 3 aromatic heterocycles.